The fourth-order valence-electron chi connectivity index (χ4n) is 1.76. The van der Waals surface area contributed by atoms with Crippen molar-refractivity contribution >= 4 is 10.9 Å². The van der Waals surface area contributed by atoms with Crippen molar-refractivity contribution in [2.24, 2.45) is 0 Å². The second-order valence-corrected chi connectivity index (χ2v) is 3.36. The highest BCUT2D eigenvalue weighted by atomic mass is 14.9. The summed E-state index contributed by atoms with van der Waals surface area (Å²) in [6.45, 7) is 3.17. The van der Waals surface area contributed by atoms with E-state index in [1.165, 1.54) is 0 Å². The van der Waals surface area contributed by atoms with Crippen LogP contribution in [0.15, 0.2) is 30.5 Å². The molecule has 1 aromatic carbocycles. The maximum atomic E-state index is 8.92. The van der Waals surface area contributed by atoms with Gasteiger partial charge in [-0.1, -0.05) is 13.0 Å². The van der Waals surface area contributed by atoms with E-state index in [-0.39, 0.29) is 0 Å². The lowest BCUT2D eigenvalue weighted by Gasteiger charge is -2.02. The molecule has 2 rings (SSSR count). The highest BCUT2D eigenvalue weighted by Crippen LogP contribution is 2.19. The minimum absolute atomic E-state index is 0.761. The number of aryl methyl sites for hydroxylation is 1. The number of fused-ring (bicyclic) bond motifs is 1. The van der Waals surface area contributed by atoms with E-state index in [0.29, 0.717) is 0 Å². The normalized spacial score (nSPS) is 10.3. The van der Waals surface area contributed by atoms with E-state index in [2.05, 4.69) is 29.8 Å². The fourth-order valence-corrected chi connectivity index (χ4v) is 1.76. The van der Waals surface area contributed by atoms with E-state index in [0.717, 1.165) is 29.4 Å². The number of aromatic nitrogens is 1. The second-order valence-electron chi connectivity index (χ2n) is 3.36. The molecule has 1 aromatic heterocycles. The summed E-state index contributed by atoms with van der Waals surface area (Å²) in [6, 6.07) is 10.1. The van der Waals surface area contributed by atoms with Crippen molar-refractivity contribution in [1.29, 1.82) is 5.26 Å². The Hall–Kier alpha value is -1.75. The zero-order valence-electron chi connectivity index (χ0n) is 8.20. The average molecular weight is 184 g/mol. The Morgan fingerprint density at radius 1 is 1.36 bits per heavy atom. The fraction of sp³-hybridized carbons (Fsp3) is 0.250. The topological polar surface area (TPSA) is 28.7 Å². The predicted molar refractivity (Wildman–Crippen MR) is 56.9 cm³/mol. The van der Waals surface area contributed by atoms with E-state index >= 15 is 0 Å². The van der Waals surface area contributed by atoms with Crippen LogP contribution < -0.4 is 0 Å². The largest absolute Gasteiger partial charge is 0.347 e. The molecule has 0 fully saturated rings. The monoisotopic (exact) mass is 184 g/mol. The third-order valence-corrected chi connectivity index (χ3v) is 2.40. The highest BCUT2D eigenvalue weighted by molar-refractivity contribution is 5.85. The summed E-state index contributed by atoms with van der Waals surface area (Å²) < 4.78 is 2.19. The van der Waals surface area contributed by atoms with Crippen molar-refractivity contribution < 1.29 is 0 Å². The number of nitriles is 1. The molecule has 0 bridgehead atoms. The Morgan fingerprint density at radius 3 is 2.93 bits per heavy atom. The van der Waals surface area contributed by atoms with Gasteiger partial charge < -0.3 is 4.57 Å². The van der Waals surface area contributed by atoms with Gasteiger partial charge in [0.05, 0.1) is 11.6 Å². The molecule has 0 aliphatic rings. The molecule has 0 saturated heterocycles. The van der Waals surface area contributed by atoms with Crippen LogP contribution in [0.5, 0.6) is 0 Å². The van der Waals surface area contributed by atoms with E-state index < -0.39 is 0 Å². The van der Waals surface area contributed by atoms with Crippen LogP contribution in [0.3, 0.4) is 0 Å². The van der Waals surface area contributed by atoms with Gasteiger partial charge in [-0.25, -0.2) is 0 Å². The Bertz CT molecular complexity index is 488. The number of benzene rings is 1. The van der Waals surface area contributed by atoms with Crippen LogP contribution in [-0.2, 0) is 6.54 Å². The molecule has 0 spiro atoms. The van der Waals surface area contributed by atoms with Gasteiger partial charge in [-0.15, -0.1) is 0 Å². The quantitative estimate of drug-likeness (QED) is 0.705. The first-order valence-electron chi connectivity index (χ1n) is 4.84. The van der Waals surface area contributed by atoms with Crippen molar-refractivity contribution in [2.45, 2.75) is 19.9 Å². The van der Waals surface area contributed by atoms with Gasteiger partial charge in [0.1, 0.15) is 0 Å². The zero-order valence-corrected chi connectivity index (χ0v) is 8.20. The molecule has 0 aliphatic heterocycles. The lowest BCUT2D eigenvalue weighted by molar-refractivity contribution is 0.703. The smallest absolute Gasteiger partial charge is 0.0998 e. The highest BCUT2D eigenvalue weighted by Gasteiger charge is 2.03. The zero-order chi connectivity index (χ0) is 9.97. The summed E-state index contributed by atoms with van der Waals surface area (Å²) in [5.74, 6) is 0. The predicted octanol–water partition coefficient (Wildman–Crippen LogP) is 2.92. The van der Waals surface area contributed by atoms with Gasteiger partial charge >= 0.3 is 0 Å². The van der Waals surface area contributed by atoms with E-state index in [1.807, 2.05) is 18.2 Å². The van der Waals surface area contributed by atoms with Gasteiger partial charge in [-0.3, -0.25) is 0 Å². The average Bonchev–Trinajstić information content (AvgIpc) is 2.62. The molecule has 2 aromatic rings. The number of nitrogens with zero attached hydrogens (tertiary/aromatic N) is 2. The third kappa shape index (κ3) is 1.27. The lowest BCUT2D eigenvalue weighted by Crippen LogP contribution is -1.93. The molecule has 0 amide bonds. The number of rotatable bonds is 2. The van der Waals surface area contributed by atoms with Gasteiger partial charge in [-0.2, -0.15) is 5.26 Å². The Labute approximate surface area is 83.4 Å². The van der Waals surface area contributed by atoms with Crippen molar-refractivity contribution in [1.82, 2.24) is 4.57 Å². The summed E-state index contributed by atoms with van der Waals surface area (Å²) in [5, 5.41) is 9.97. The molecule has 70 valence electrons. The van der Waals surface area contributed by atoms with Crippen molar-refractivity contribution in [2.75, 3.05) is 0 Å². The van der Waals surface area contributed by atoms with Crippen molar-refractivity contribution in [3.05, 3.63) is 36.0 Å². The number of hydrogen-bond donors (Lipinski definition) is 0. The first-order chi connectivity index (χ1) is 6.86. The molecule has 2 heteroatoms. The molecule has 0 unspecified atom stereocenters. The van der Waals surface area contributed by atoms with Crippen LogP contribution in [0.25, 0.3) is 10.9 Å². The molecule has 0 N–H and O–H groups in total. The summed E-state index contributed by atoms with van der Waals surface area (Å²) in [4.78, 5) is 0. The molecule has 0 saturated carbocycles. The summed E-state index contributed by atoms with van der Waals surface area (Å²) in [7, 11) is 0. The van der Waals surface area contributed by atoms with Crippen LogP contribution in [0, 0.1) is 11.3 Å². The van der Waals surface area contributed by atoms with Crippen LogP contribution in [-0.4, -0.2) is 4.57 Å². The molecule has 1 heterocycles. The molecule has 14 heavy (non-hydrogen) atoms. The first-order valence-corrected chi connectivity index (χ1v) is 4.84. The second kappa shape index (κ2) is 3.55. The standard InChI is InChI=1S/C12H12N2/c1-2-7-14-8-6-11-10(9-13)4-3-5-12(11)14/h3-6,8H,2,7H2,1H3. The molecular weight excluding hydrogens is 172 g/mol. The van der Waals surface area contributed by atoms with Gasteiger partial charge in [0.2, 0.25) is 0 Å². The first kappa shape index (κ1) is 8.83. The molecular formula is C12H12N2. The molecule has 0 aliphatic carbocycles. The van der Waals surface area contributed by atoms with Crippen LogP contribution in [0.1, 0.15) is 18.9 Å². The molecule has 2 nitrogen and oxygen atoms in total. The Balaban J connectivity index is 2.65. The van der Waals surface area contributed by atoms with Crippen LogP contribution in [0.2, 0.25) is 0 Å². The summed E-state index contributed by atoms with van der Waals surface area (Å²) in [5.41, 5.74) is 1.92. The Kier molecular flexibility index (Phi) is 2.24. The van der Waals surface area contributed by atoms with Gasteiger partial charge in [0.25, 0.3) is 0 Å². The van der Waals surface area contributed by atoms with E-state index in [4.69, 9.17) is 5.26 Å². The van der Waals surface area contributed by atoms with Crippen molar-refractivity contribution in [3.8, 4) is 6.07 Å². The van der Waals surface area contributed by atoms with Gasteiger partial charge in [-0.05, 0) is 24.6 Å². The lowest BCUT2D eigenvalue weighted by atomic mass is 10.1. The van der Waals surface area contributed by atoms with E-state index in [1.54, 1.807) is 0 Å². The van der Waals surface area contributed by atoms with Crippen LogP contribution >= 0.6 is 0 Å². The number of hydrogen-bond acceptors (Lipinski definition) is 1. The molecule has 0 atom stereocenters. The van der Waals surface area contributed by atoms with Crippen molar-refractivity contribution in [3.63, 3.8) is 0 Å². The van der Waals surface area contributed by atoms with Gasteiger partial charge in [0, 0.05) is 23.6 Å². The minimum Gasteiger partial charge on any atom is -0.347 e. The third-order valence-electron chi connectivity index (χ3n) is 2.40. The summed E-state index contributed by atoms with van der Waals surface area (Å²) >= 11 is 0. The Morgan fingerprint density at radius 2 is 2.21 bits per heavy atom. The van der Waals surface area contributed by atoms with Crippen LogP contribution in [0.4, 0.5) is 0 Å². The maximum absolute atomic E-state index is 8.92. The SMILES string of the molecule is CCCn1ccc2c(C#N)cccc21. The summed E-state index contributed by atoms with van der Waals surface area (Å²) in [6.07, 6.45) is 3.16. The van der Waals surface area contributed by atoms with Gasteiger partial charge in [0.15, 0.2) is 0 Å². The molecule has 0 radical (unpaired) electrons. The minimum atomic E-state index is 0.761. The maximum Gasteiger partial charge on any atom is 0.0998 e. The van der Waals surface area contributed by atoms with E-state index in [9.17, 15) is 0 Å².